The normalized spacial score (nSPS) is 10.9. The topological polar surface area (TPSA) is 66.5 Å². The van der Waals surface area contributed by atoms with Gasteiger partial charge in [-0.3, -0.25) is 5.10 Å². The molecule has 2 heterocycles. The first-order valence-electron chi connectivity index (χ1n) is 6.71. The number of anilines is 1. The molecule has 0 saturated carbocycles. The first kappa shape index (κ1) is 12.6. The lowest BCUT2D eigenvalue weighted by Crippen LogP contribution is -2.03. The summed E-state index contributed by atoms with van der Waals surface area (Å²) in [6.07, 6.45) is 1.78. The molecule has 0 saturated heterocycles. The molecule has 5 nitrogen and oxygen atoms in total. The minimum atomic E-state index is 0.625. The predicted octanol–water partition coefficient (Wildman–Crippen LogP) is 3.07. The number of aryl methyl sites for hydroxylation is 2. The molecular weight excluding hydrogens is 250 g/mol. The highest BCUT2D eigenvalue weighted by molar-refractivity contribution is 5.91. The molecule has 0 radical (unpaired) electrons. The van der Waals surface area contributed by atoms with Crippen molar-refractivity contribution in [1.82, 2.24) is 20.2 Å². The Labute approximate surface area is 117 Å². The lowest BCUT2D eigenvalue weighted by molar-refractivity contribution is 1.07. The van der Waals surface area contributed by atoms with Gasteiger partial charge < -0.3 is 5.32 Å². The molecule has 1 aromatic carbocycles. The van der Waals surface area contributed by atoms with Crippen LogP contribution in [-0.4, -0.2) is 26.7 Å². The highest BCUT2D eigenvalue weighted by Crippen LogP contribution is 2.29. The number of H-pyrrole nitrogens is 1. The Morgan fingerprint density at radius 2 is 2.05 bits per heavy atom. The highest BCUT2D eigenvalue weighted by Gasteiger charge is 2.13. The fraction of sp³-hybridized carbons (Fsp3) is 0.267. The second kappa shape index (κ2) is 4.92. The van der Waals surface area contributed by atoms with Crippen molar-refractivity contribution >= 4 is 17.0 Å². The number of nitrogens with one attached hydrogen (secondary N) is 2. The molecule has 0 atom stereocenters. The van der Waals surface area contributed by atoms with Crippen molar-refractivity contribution in [2.45, 2.75) is 20.8 Å². The van der Waals surface area contributed by atoms with Crippen molar-refractivity contribution < 1.29 is 0 Å². The number of hydrogen-bond acceptors (Lipinski definition) is 4. The molecule has 0 unspecified atom stereocenters. The lowest BCUT2D eigenvalue weighted by atomic mass is 10.0. The van der Waals surface area contributed by atoms with Crippen LogP contribution in [0, 0.1) is 13.8 Å². The van der Waals surface area contributed by atoms with Gasteiger partial charge in [-0.2, -0.15) is 10.1 Å². The van der Waals surface area contributed by atoms with Crippen LogP contribution >= 0.6 is 0 Å². The number of rotatable bonds is 3. The summed E-state index contributed by atoms with van der Waals surface area (Å²) in [5.74, 6) is 0.625. The van der Waals surface area contributed by atoms with Crippen LogP contribution in [0.3, 0.4) is 0 Å². The van der Waals surface area contributed by atoms with Crippen LogP contribution in [0.1, 0.15) is 18.1 Å². The van der Waals surface area contributed by atoms with E-state index in [0.717, 1.165) is 28.8 Å². The quantitative estimate of drug-likeness (QED) is 0.765. The van der Waals surface area contributed by atoms with Gasteiger partial charge in [0.15, 0.2) is 5.65 Å². The standard InChI is InChI=1S/C15H17N5/c1-4-16-15-18-13(12-8-17-20-14(12)19-15)11-7-9(2)5-6-10(11)3/h5-8H,4H2,1-3H3,(H2,16,17,18,19,20). The van der Waals surface area contributed by atoms with Crippen LogP contribution in [0.2, 0.25) is 0 Å². The number of hydrogen-bond donors (Lipinski definition) is 2. The van der Waals surface area contributed by atoms with Crippen molar-refractivity contribution in [3.63, 3.8) is 0 Å². The Bertz CT molecular complexity index is 760. The van der Waals surface area contributed by atoms with Crippen LogP contribution in [0.25, 0.3) is 22.3 Å². The largest absolute Gasteiger partial charge is 0.354 e. The Balaban J connectivity index is 2.28. The highest BCUT2D eigenvalue weighted by atomic mass is 15.2. The molecule has 102 valence electrons. The van der Waals surface area contributed by atoms with Crippen molar-refractivity contribution in [3.05, 3.63) is 35.5 Å². The number of benzene rings is 1. The molecule has 0 aliphatic rings. The summed E-state index contributed by atoms with van der Waals surface area (Å²) >= 11 is 0. The molecule has 3 aromatic rings. The van der Waals surface area contributed by atoms with E-state index in [-0.39, 0.29) is 0 Å². The summed E-state index contributed by atoms with van der Waals surface area (Å²) in [5, 5.41) is 11.1. The zero-order valence-corrected chi connectivity index (χ0v) is 11.9. The van der Waals surface area contributed by atoms with Gasteiger partial charge in [-0.1, -0.05) is 17.7 Å². The summed E-state index contributed by atoms with van der Waals surface area (Å²) in [5.41, 5.74) is 5.20. The van der Waals surface area contributed by atoms with Gasteiger partial charge in [-0.25, -0.2) is 4.98 Å². The zero-order valence-electron chi connectivity index (χ0n) is 11.9. The Kier molecular flexibility index (Phi) is 3.10. The predicted molar refractivity (Wildman–Crippen MR) is 80.8 cm³/mol. The van der Waals surface area contributed by atoms with Gasteiger partial charge in [0.1, 0.15) is 0 Å². The minimum absolute atomic E-state index is 0.625. The van der Waals surface area contributed by atoms with Gasteiger partial charge in [-0.15, -0.1) is 0 Å². The van der Waals surface area contributed by atoms with E-state index in [2.05, 4.69) is 57.5 Å². The van der Waals surface area contributed by atoms with Gasteiger partial charge >= 0.3 is 0 Å². The molecule has 20 heavy (non-hydrogen) atoms. The van der Waals surface area contributed by atoms with Gasteiger partial charge in [0.05, 0.1) is 17.3 Å². The third-order valence-electron chi connectivity index (χ3n) is 3.29. The third kappa shape index (κ3) is 2.11. The van der Waals surface area contributed by atoms with E-state index in [1.54, 1.807) is 6.20 Å². The van der Waals surface area contributed by atoms with Crippen LogP contribution < -0.4 is 5.32 Å². The van der Waals surface area contributed by atoms with E-state index in [1.165, 1.54) is 11.1 Å². The molecular formula is C15H17N5. The first-order valence-corrected chi connectivity index (χ1v) is 6.71. The zero-order chi connectivity index (χ0) is 14.1. The molecule has 0 bridgehead atoms. The van der Waals surface area contributed by atoms with E-state index in [9.17, 15) is 0 Å². The van der Waals surface area contributed by atoms with E-state index < -0.39 is 0 Å². The van der Waals surface area contributed by atoms with Crippen LogP contribution in [0.5, 0.6) is 0 Å². The molecule has 0 spiro atoms. The second-order valence-electron chi connectivity index (χ2n) is 4.88. The molecule has 0 amide bonds. The van der Waals surface area contributed by atoms with Crippen molar-refractivity contribution in [2.75, 3.05) is 11.9 Å². The van der Waals surface area contributed by atoms with Gasteiger partial charge in [-0.05, 0) is 32.4 Å². The molecule has 0 aliphatic heterocycles. The summed E-state index contributed by atoms with van der Waals surface area (Å²) in [6, 6.07) is 6.38. The Morgan fingerprint density at radius 3 is 2.85 bits per heavy atom. The van der Waals surface area contributed by atoms with Crippen molar-refractivity contribution in [2.24, 2.45) is 0 Å². The van der Waals surface area contributed by atoms with E-state index in [0.29, 0.717) is 5.95 Å². The molecule has 3 rings (SSSR count). The summed E-state index contributed by atoms with van der Waals surface area (Å²) in [4.78, 5) is 9.08. The lowest BCUT2D eigenvalue weighted by Gasteiger charge is -2.09. The maximum Gasteiger partial charge on any atom is 0.225 e. The van der Waals surface area contributed by atoms with Crippen LogP contribution in [0.4, 0.5) is 5.95 Å². The third-order valence-corrected chi connectivity index (χ3v) is 3.29. The minimum Gasteiger partial charge on any atom is -0.354 e. The number of nitrogens with zero attached hydrogens (tertiary/aromatic N) is 3. The molecule has 5 heteroatoms. The first-order chi connectivity index (χ1) is 9.69. The van der Waals surface area contributed by atoms with Gasteiger partial charge in [0.25, 0.3) is 0 Å². The smallest absolute Gasteiger partial charge is 0.225 e. The summed E-state index contributed by atoms with van der Waals surface area (Å²) < 4.78 is 0. The van der Waals surface area contributed by atoms with E-state index in [4.69, 9.17) is 0 Å². The Hall–Kier alpha value is -2.43. The van der Waals surface area contributed by atoms with Gasteiger partial charge in [0, 0.05) is 12.1 Å². The molecule has 0 fully saturated rings. The fourth-order valence-corrected chi connectivity index (χ4v) is 2.27. The van der Waals surface area contributed by atoms with Crippen molar-refractivity contribution in [3.8, 4) is 11.3 Å². The average molecular weight is 267 g/mol. The number of aromatic amines is 1. The number of aromatic nitrogens is 4. The molecule has 2 aromatic heterocycles. The van der Waals surface area contributed by atoms with E-state index in [1.807, 2.05) is 6.92 Å². The number of fused-ring (bicyclic) bond motifs is 1. The van der Waals surface area contributed by atoms with Gasteiger partial charge in [0.2, 0.25) is 5.95 Å². The van der Waals surface area contributed by atoms with Crippen LogP contribution in [-0.2, 0) is 0 Å². The van der Waals surface area contributed by atoms with Crippen LogP contribution in [0.15, 0.2) is 24.4 Å². The summed E-state index contributed by atoms with van der Waals surface area (Å²) in [7, 11) is 0. The van der Waals surface area contributed by atoms with E-state index >= 15 is 0 Å². The SMILES string of the molecule is CCNc1nc(-c2cc(C)ccc2C)c2cn[nH]c2n1. The summed E-state index contributed by atoms with van der Waals surface area (Å²) in [6.45, 7) is 6.99. The maximum absolute atomic E-state index is 4.65. The second-order valence-corrected chi connectivity index (χ2v) is 4.88. The molecule has 2 N–H and O–H groups in total. The Morgan fingerprint density at radius 1 is 1.20 bits per heavy atom. The maximum atomic E-state index is 4.65. The monoisotopic (exact) mass is 267 g/mol. The fourth-order valence-electron chi connectivity index (χ4n) is 2.27. The molecule has 0 aliphatic carbocycles. The van der Waals surface area contributed by atoms with Crippen molar-refractivity contribution in [1.29, 1.82) is 0 Å². The average Bonchev–Trinajstić information content (AvgIpc) is 2.89.